The second-order valence-corrected chi connectivity index (χ2v) is 5.67. The minimum absolute atomic E-state index is 0.0549. The van der Waals surface area contributed by atoms with Crippen molar-refractivity contribution >= 4 is 23.6 Å². The lowest BCUT2D eigenvalue weighted by Gasteiger charge is -2.21. The molecule has 112 valence electrons. The second-order valence-electron chi connectivity index (χ2n) is 4.64. The van der Waals surface area contributed by atoms with E-state index in [1.807, 2.05) is 20.8 Å². The third kappa shape index (κ3) is 7.42. The van der Waals surface area contributed by atoms with Gasteiger partial charge in [0.25, 0.3) is 0 Å². The van der Waals surface area contributed by atoms with Crippen LogP contribution in [0.5, 0.6) is 0 Å². The Kier molecular flexibility index (Phi) is 9.69. The highest BCUT2D eigenvalue weighted by atomic mass is 32.2. The lowest BCUT2D eigenvalue weighted by molar-refractivity contribution is -0.146. The van der Waals surface area contributed by atoms with Gasteiger partial charge in [0.1, 0.15) is 6.04 Å². The van der Waals surface area contributed by atoms with Gasteiger partial charge in [0.15, 0.2) is 0 Å². The summed E-state index contributed by atoms with van der Waals surface area (Å²) >= 11 is 1.49. The molecule has 0 rings (SSSR count). The van der Waals surface area contributed by atoms with Crippen molar-refractivity contribution < 1.29 is 14.3 Å². The van der Waals surface area contributed by atoms with Crippen molar-refractivity contribution in [2.75, 3.05) is 18.6 Å². The van der Waals surface area contributed by atoms with Gasteiger partial charge >= 0.3 is 5.97 Å². The second kappa shape index (κ2) is 10.1. The van der Waals surface area contributed by atoms with Crippen LogP contribution in [0.4, 0.5) is 0 Å². The minimum Gasteiger partial charge on any atom is -0.467 e. The normalized spacial score (nSPS) is 15.4. The molecule has 5 nitrogen and oxygen atoms in total. The Labute approximate surface area is 120 Å². The number of hydrogen-bond donors (Lipinski definition) is 2. The molecular weight excluding hydrogens is 264 g/mol. The fourth-order valence-electron chi connectivity index (χ4n) is 1.43. The van der Waals surface area contributed by atoms with Gasteiger partial charge in [-0.3, -0.25) is 4.79 Å². The molecule has 0 heterocycles. The molecule has 3 N–H and O–H groups in total. The van der Waals surface area contributed by atoms with Crippen molar-refractivity contribution in [2.45, 2.75) is 45.7 Å². The standard InChI is InChI=1S/C13H26N2O3S/c1-5-9(3)12(13(17)18-4)15-11(16)8-19-7-10(14)6-2/h9-10,12H,5-8,14H2,1-4H3,(H,15,16). The predicted octanol–water partition coefficient (Wildman–Crippen LogP) is 1.16. The zero-order chi connectivity index (χ0) is 14.8. The molecule has 0 spiro atoms. The van der Waals surface area contributed by atoms with Crippen molar-refractivity contribution in [1.82, 2.24) is 5.32 Å². The van der Waals surface area contributed by atoms with E-state index in [2.05, 4.69) is 5.32 Å². The molecule has 0 saturated heterocycles. The number of nitrogens with one attached hydrogen (secondary N) is 1. The van der Waals surface area contributed by atoms with E-state index in [1.54, 1.807) is 0 Å². The van der Waals surface area contributed by atoms with E-state index >= 15 is 0 Å². The van der Waals surface area contributed by atoms with Crippen LogP contribution in [0.25, 0.3) is 0 Å². The monoisotopic (exact) mass is 290 g/mol. The fraction of sp³-hybridized carbons (Fsp3) is 0.846. The molecule has 0 saturated carbocycles. The van der Waals surface area contributed by atoms with Crippen LogP contribution >= 0.6 is 11.8 Å². The Morgan fingerprint density at radius 3 is 2.42 bits per heavy atom. The molecule has 0 aromatic heterocycles. The van der Waals surface area contributed by atoms with Crippen molar-refractivity contribution in [2.24, 2.45) is 11.7 Å². The van der Waals surface area contributed by atoms with Crippen molar-refractivity contribution in [3.05, 3.63) is 0 Å². The number of carbonyl (C=O) groups is 2. The average Bonchev–Trinajstić information content (AvgIpc) is 2.42. The van der Waals surface area contributed by atoms with Gasteiger partial charge < -0.3 is 15.8 Å². The van der Waals surface area contributed by atoms with Gasteiger partial charge in [0.05, 0.1) is 12.9 Å². The van der Waals surface area contributed by atoms with Crippen molar-refractivity contribution in [3.8, 4) is 0 Å². The first-order valence-electron chi connectivity index (χ1n) is 6.66. The highest BCUT2D eigenvalue weighted by Gasteiger charge is 2.26. The van der Waals surface area contributed by atoms with E-state index in [4.69, 9.17) is 10.5 Å². The summed E-state index contributed by atoms with van der Waals surface area (Å²) < 4.78 is 4.72. The largest absolute Gasteiger partial charge is 0.467 e. The highest BCUT2D eigenvalue weighted by molar-refractivity contribution is 7.99. The molecule has 0 fully saturated rings. The number of methoxy groups -OCH3 is 1. The first-order valence-corrected chi connectivity index (χ1v) is 7.82. The maximum Gasteiger partial charge on any atom is 0.328 e. The topological polar surface area (TPSA) is 81.4 Å². The lowest BCUT2D eigenvalue weighted by atomic mass is 9.99. The summed E-state index contributed by atoms with van der Waals surface area (Å²) in [5, 5.41) is 2.74. The maximum absolute atomic E-state index is 11.8. The Morgan fingerprint density at radius 1 is 1.32 bits per heavy atom. The molecule has 1 amide bonds. The molecule has 0 aliphatic rings. The number of ether oxygens (including phenoxy) is 1. The first-order chi connectivity index (χ1) is 8.96. The summed E-state index contributed by atoms with van der Waals surface area (Å²) in [6.07, 6.45) is 1.69. The van der Waals surface area contributed by atoms with E-state index in [0.29, 0.717) is 5.75 Å². The number of amides is 1. The van der Waals surface area contributed by atoms with Gasteiger partial charge in [-0.1, -0.05) is 27.2 Å². The molecule has 0 aliphatic heterocycles. The summed E-state index contributed by atoms with van der Waals surface area (Å²) in [7, 11) is 1.33. The van der Waals surface area contributed by atoms with Crippen LogP contribution in [-0.4, -0.2) is 42.6 Å². The Bertz CT molecular complexity index is 287. The van der Waals surface area contributed by atoms with E-state index in [0.717, 1.165) is 18.6 Å². The van der Waals surface area contributed by atoms with Gasteiger partial charge in [-0.05, 0) is 12.3 Å². The SMILES string of the molecule is CCC(N)CSCC(=O)NC(C(=O)OC)C(C)CC. The van der Waals surface area contributed by atoms with Gasteiger partial charge in [0.2, 0.25) is 5.91 Å². The van der Waals surface area contributed by atoms with Crippen LogP contribution in [0.2, 0.25) is 0 Å². The van der Waals surface area contributed by atoms with E-state index in [1.165, 1.54) is 18.9 Å². The number of carbonyl (C=O) groups excluding carboxylic acids is 2. The van der Waals surface area contributed by atoms with Crippen LogP contribution in [-0.2, 0) is 14.3 Å². The van der Waals surface area contributed by atoms with E-state index in [-0.39, 0.29) is 17.9 Å². The quantitative estimate of drug-likeness (QED) is 0.623. The number of thioether (sulfide) groups is 1. The Balaban J connectivity index is 4.20. The third-order valence-corrected chi connectivity index (χ3v) is 4.20. The molecule has 19 heavy (non-hydrogen) atoms. The van der Waals surface area contributed by atoms with Crippen LogP contribution in [0.3, 0.4) is 0 Å². The third-order valence-electron chi connectivity index (χ3n) is 3.07. The molecule has 6 heteroatoms. The summed E-state index contributed by atoms with van der Waals surface area (Å²) in [6.45, 7) is 5.91. The maximum atomic E-state index is 11.8. The minimum atomic E-state index is -0.567. The van der Waals surface area contributed by atoms with Crippen molar-refractivity contribution in [3.63, 3.8) is 0 Å². The summed E-state index contributed by atoms with van der Waals surface area (Å²) in [6, 6.07) is -0.452. The van der Waals surface area contributed by atoms with Gasteiger partial charge in [0, 0.05) is 11.8 Å². The zero-order valence-electron chi connectivity index (χ0n) is 12.3. The average molecular weight is 290 g/mol. The molecule has 3 atom stereocenters. The van der Waals surface area contributed by atoms with Crippen LogP contribution < -0.4 is 11.1 Å². The molecule has 0 aliphatic carbocycles. The molecule has 0 aromatic rings. The van der Waals surface area contributed by atoms with Gasteiger partial charge in [-0.15, -0.1) is 0 Å². The predicted molar refractivity (Wildman–Crippen MR) is 79.0 cm³/mol. The molecule has 0 radical (unpaired) electrons. The fourth-order valence-corrected chi connectivity index (χ4v) is 2.36. The number of rotatable bonds is 9. The zero-order valence-corrected chi connectivity index (χ0v) is 13.1. The van der Waals surface area contributed by atoms with Crippen molar-refractivity contribution in [1.29, 1.82) is 0 Å². The van der Waals surface area contributed by atoms with Gasteiger partial charge in [-0.2, -0.15) is 11.8 Å². The molecule has 0 aromatic carbocycles. The smallest absolute Gasteiger partial charge is 0.328 e. The van der Waals surface area contributed by atoms with Crippen LogP contribution in [0.1, 0.15) is 33.6 Å². The number of nitrogens with two attached hydrogens (primary N) is 1. The first kappa shape index (κ1) is 18.2. The number of esters is 1. The molecule has 0 bridgehead atoms. The van der Waals surface area contributed by atoms with E-state index < -0.39 is 12.0 Å². The van der Waals surface area contributed by atoms with E-state index in [9.17, 15) is 9.59 Å². The summed E-state index contributed by atoms with van der Waals surface area (Å²) in [4.78, 5) is 23.4. The van der Waals surface area contributed by atoms with Crippen LogP contribution in [0.15, 0.2) is 0 Å². The Morgan fingerprint density at radius 2 is 1.95 bits per heavy atom. The Hall–Kier alpha value is -0.750. The number of hydrogen-bond acceptors (Lipinski definition) is 5. The highest BCUT2D eigenvalue weighted by Crippen LogP contribution is 2.10. The molecule has 3 unspecified atom stereocenters. The lowest BCUT2D eigenvalue weighted by Crippen LogP contribution is -2.46. The van der Waals surface area contributed by atoms with Gasteiger partial charge in [-0.25, -0.2) is 4.79 Å². The summed E-state index contributed by atoms with van der Waals surface area (Å²) in [5.41, 5.74) is 5.77. The van der Waals surface area contributed by atoms with Crippen LogP contribution in [0, 0.1) is 5.92 Å². The molecular formula is C13H26N2O3S. The summed E-state index contributed by atoms with van der Waals surface area (Å²) in [5.74, 6) is 0.578.